The average molecular weight is 339 g/mol. The van der Waals surface area contributed by atoms with E-state index in [0.29, 0.717) is 11.0 Å². The van der Waals surface area contributed by atoms with Crippen molar-refractivity contribution in [3.05, 3.63) is 65.5 Å². The maximum Gasteiger partial charge on any atom is 0.250 e. The van der Waals surface area contributed by atoms with Crippen molar-refractivity contribution < 1.29 is 9.18 Å². The van der Waals surface area contributed by atoms with E-state index in [1.54, 1.807) is 6.07 Å². The van der Waals surface area contributed by atoms with Crippen LogP contribution in [0.5, 0.6) is 0 Å². The summed E-state index contributed by atoms with van der Waals surface area (Å²) in [6.07, 6.45) is 0.276. The number of thioether (sulfide) groups is 1. The van der Waals surface area contributed by atoms with Crippen LogP contribution in [0.25, 0.3) is 11.4 Å². The first kappa shape index (κ1) is 15.1. The van der Waals surface area contributed by atoms with Crippen molar-refractivity contribution in [2.45, 2.75) is 23.8 Å². The second-order valence-electron chi connectivity index (χ2n) is 5.76. The minimum atomic E-state index is -0.298. The summed E-state index contributed by atoms with van der Waals surface area (Å²) >= 11 is 1.44. The van der Waals surface area contributed by atoms with E-state index in [9.17, 15) is 9.18 Å². The second kappa shape index (κ2) is 5.87. The summed E-state index contributed by atoms with van der Waals surface area (Å²) in [7, 11) is 0. The predicted molar refractivity (Wildman–Crippen MR) is 90.4 cm³/mol. The Bertz CT molecular complexity index is 938. The number of fused-ring (bicyclic) bond motifs is 1. The number of hydrogen-bond acceptors (Lipinski definition) is 4. The Morgan fingerprint density at radius 1 is 1.21 bits per heavy atom. The summed E-state index contributed by atoms with van der Waals surface area (Å²) in [5.74, 6) is 0.117. The molecule has 0 saturated carbocycles. The summed E-state index contributed by atoms with van der Waals surface area (Å²) < 4.78 is 14.8. The first-order chi connectivity index (χ1) is 11.6. The molecule has 0 saturated heterocycles. The molecule has 0 N–H and O–H groups in total. The van der Waals surface area contributed by atoms with Crippen LogP contribution in [-0.2, 0) is 0 Å². The molecule has 0 bridgehead atoms. The summed E-state index contributed by atoms with van der Waals surface area (Å²) in [4.78, 5) is 16.9. The minimum Gasteiger partial charge on any atom is -0.272 e. The Kier molecular flexibility index (Phi) is 3.69. The van der Waals surface area contributed by atoms with Gasteiger partial charge in [-0.25, -0.2) is 9.37 Å². The van der Waals surface area contributed by atoms with E-state index in [0.717, 1.165) is 16.7 Å². The highest BCUT2D eigenvalue weighted by Crippen LogP contribution is 2.41. The number of aryl methyl sites for hydroxylation is 1. The van der Waals surface area contributed by atoms with Gasteiger partial charge in [0.05, 0.1) is 0 Å². The van der Waals surface area contributed by atoms with Gasteiger partial charge in [0, 0.05) is 17.2 Å². The third kappa shape index (κ3) is 2.73. The Morgan fingerprint density at radius 3 is 2.83 bits per heavy atom. The number of hydrogen-bond donors (Lipinski definition) is 0. The van der Waals surface area contributed by atoms with Gasteiger partial charge in [-0.1, -0.05) is 47.7 Å². The molecule has 4 rings (SSSR count). The summed E-state index contributed by atoms with van der Waals surface area (Å²) in [5.41, 5.74) is 2.78. The molecule has 1 aromatic heterocycles. The molecule has 0 amide bonds. The maximum absolute atomic E-state index is 13.5. The number of rotatable bonds is 2. The van der Waals surface area contributed by atoms with Gasteiger partial charge in [-0.2, -0.15) is 4.68 Å². The normalized spacial score (nSPS) is 16.9. The van der Waals surface area contributed by atoms with Crippen molar-refractivity contribution >= 4 is 17.7 Å². The number of aromatic nitrogens is 3. The number of benzene rings is 2. The van der Waals surface area contributed by atoms with Crippen LogP contribution in [0.3, 0.4) is 0 Å². The summed E-state index contributed by atoms with van der Waals surface area (Å²) in [6, 6.07) is 14.2. The Balaban J connectivity index is 1.69. The third-order valence-electron chi connectivity index (χ3n) is 3.92. The van der Waals surface area contributed by atoms with Gasteiger partial charge < -0.3 is 0 Å². The van der Waals surface area contributed by atoms with Crippen molar-refractivity contribution in [2.75, 3.05) is 0 Å². The van der Waals surface area contributed by atoms with Gasteiger partial charge in [0.15, 0.2) is 11.0 Å². The molecule has 6 heteroatoms. The molecule has 1 atom stereocenters. The fraction of sp³-hybridized carbons (Fsp3) is 0.167. The zero-order valence-electron chi connectivity index (χ0n) is 12.9. The highest BCUT2D eigenvalue weighted by atomic mass is 32.2. The molecule has 120 valence electrons. The largest absolute Gasteiger partial charge is 0.272 e. The lowest BCUT2D eigenvalue weighted by Crippen LogP contribution is -2.21. The van der Waals surface area contributed by atoms with Crippen LogP contribution in [-0.4, -0.2) is 20.7 Å². The molecular weight excluding hydrogens is 325 g/mol. The van der Waals surface area contributed by atoms with Crippen molar-refractivity contribution in [2.24, 2.45) is 0 Å². The van der Waals surface area contributed by atoms with Crippen LogP contribution >= 0.6 is 11.8 Å². The fourth-order valence-electron chi connectivity index (χ4n) is 2.75. The standard InChI is InChI=1S/C18H14FN3OS/c1-11-4-2-6-13(8-11)17-20-18-22(21-17)16(23)10-15(24-18)12-5-3-7-14(19)9-12/h2-9,15H,10H2,1H3/t15-/m1/s1. The van der Waals surface area contributed by atoms with Crippen molar-refractivity contribution in [3.63, 3.8) is 0 Å². The molecule has 4 nitrogen and oxygen atoms in total. The van der Waals surface area contributed by atoms with Crippen molar-refractivity contribution in [3.8, 4) is 11.4 Å². The molecule has 3 aromatic rings. The van der Waals surface area contributed by atoms with Gasteiger partial charge >= 0.3 is 0 Å². The van der Waals surface area contributed by atoms with Gasteiger partial charge in [-0.15, -0.1) is 5.10 Å². The average Bonchev–Trinajstić information content (AvgIpc) is 3.00. The van der Waals surface area contributed by atoms with E-state index in [1.165, 1.54) is 28.6 Å². The lowest BCUT2D eigenvalue weighted by atomic mass is 10.1. The zero-order valence-corrected chi connectivity index (χ0v) is 13.8. The molecular formula is C18H14FN3OS. The highest BCUT2D eigenvalue weighted by Gasteiger charge is 2.30. The Hall–Kier alpha value is -2.47. The van der Waals surface area contributed by atoms with Crippen LogP contribution in [0.2, 0.25) is 0 Å². The van der Waals surface area contributed by atoms with Crippen LogP contribution in [0, 0.1) is 12.7 Å². The lowest BCUT2D eigenvalue weighted by molar-refractivity contribution is 0.0868. The third-order valence-corrected chi connectivity index (χ3v) is 5.12. The van der Waals surface area contributed by atoms with Gasteiger partial charge in [0.25, 0.3) is 5.91 Å². The van der Waals surface area contributed by atoms with Crippen LogP contribution < -0.4 is 0 Å². The minimum absolute atomic E-state index is 0.121. The molecule has 0 spiro atoms. The van der Waals surface area contributed by atoms with E-state index in [1.807, 2.05) is 37.3 Å². The summed E-state index contributed by atoms with van der Waals surface area (Å²) in [6.45, 7) is 2.00. The molecule has 0 fully saturated rings. The maximum atomic E-state index is 13.5. The Labute approximate surface area is 142 Å². The van der Waals surface area contributed by atoms with E-state index in [-0.39, 0.29) is 23.4 Å². The topological polar surface area (TPSA) is 47.8 Å². The highest BCUT2D eigenvalue weighted by molar-refractivity contribution is 7.99. The molecule has 2 aromatic carbocycles. The van der Waals surface area contributed by atoms with Crippen molar-refractivity contribution in [1.82, 2.24) is 14.8 Å². The molecule has 0 radical (unpaired) electrons. The molecule has 1 aliphatic rings. The lowest BCUT2D eigenvalue weighted by Gasteiger charge is -2.20. The number of halogens is 1. The Morgan fingerprint density at radius 2 is 2.04 bits per heavy atom. The van der Waals surface area contributed by atoms with Crippen LogP contribution in [0.1, 0.15) is 27.6 Å². The SMILES string of the molecule is Cc1cccc(-c2nc3n(n2)C(=O)C[C@H](c2cccc(F)c2)S3)c1. The molecule has 2 heterocycles. The van der Waals surface area contributed by atoms with Crippen LogP contribution in [0.4, 0.5) is 4.39 Å². The van der Waals surface area contributed by atoms with Gasteiger partial charge in [-0.05, 0) is 30.7 Å². The fourth-order valence-corrected chi connectivity index (χ4v) is 3.89. The smallest absolute Gasteiger partial charge is 0.250 e. The van der Waals surface area contributed by atoms with E-state index in [2.05, 4.69) is 10.1 Å². The second-order valence-corrected chi connectivity index (χ2v) is 6.93. The van der Waals surface area contributed by atoms with E-state index >= 15 is 0 Å². The van der Waals surface area contributed by atoms with Crippen LogP contribution in [0.15, 0.2) is 53.7 Å². The van der Waals surface area contributed by atoms with Gasteiger partial charge in [0.1, 0.15) is 5.82 Å². The van der Waals surface area contributed by atoms with Crippen molar-refractivity contribution in [1.29, 1.82) is 0 Å². The summed E-state index contributed by atoms with van der Waals surface area (Å²) in [5, 5.41) is 4.76. The quantitative estimate of drug-likeness (QED) is 0.699. The number of nitrogens with zero attached hydrogens (tertiary/aromatic N) is 3. The van der Waals surface area contributed by atoms with Gasteiger partial charge in [0.2, 0.25) is 0 Å². The van der Waals surface area contributed by atoms with E-state index < -0.39 is 0 Å². The first-order valence-electron chi connectivity index (χ1n) is 7.59. The monoisotopic (exact) mass is 339 g/mol. The molecule has 1 aliphatic heterocycles. The zero-order chi connectivity index (χ0) is 16.7. The molecule has 0 unspecified atom stereocenters. The predicted octanol–water partition coefficient (Wildman–Crippen LogP) is 4.27. The number of carbonyl (C=O) groups excluding carboxylic acids is 1. The van der Waals surface area contributed by atoms with E-state index in [4.69, 9.17) is 0 Å². The molecule has 24 heavy (non-hydrogen) atoms. The first-order valence-corrected chi connectivity index (χ1v) is 8.47. The number of carbonyl (C=O) groups is 1. The van der Waals surface area contributed by atoms with Gasteiger partial charge in [-0.3, -0.25) is 4.79 Å². The molecule has 0 aliphatic carbocycles.